The summed E-state index contributed by atoms with van der Waals surface area (Å²) in [5.41, 5.74) is 2.91. The van der Waals surface area contributed by atoms with Crippen LogP contribution in [0, 0.1) is 10.5 Å². The zero-order valence-corrected chi connectivity index (χ0v) is 13.7. The van der Waals surface area contributed by atoms with Crippen LogP contribution in [-0.2, 0) is 6.42 Å². The van der Waals surface area contributed by atoms with Crippen LogP contribution in [0.1, 0.15) is 21.5 Å². The molecule has 0 aliphatic heterocycles. The monoisotopic (exact) mass is 414 g/mol. The number of aryl methyl sites for hydroxylation is 1. The molecule has 0 saturated heterocycles. The van der Waals surface area contributed by atoms with Crippen LogP contribution >= 0.6 is 38.5 Å². The zero-order chi connectivity index (χ0) is 13.1. The Balaban J connectivity index is 2.21. The molecular formula is C15H12BrIO. The summed E-state index contributed by atoms with van der Waals surface area (Å²) in [5.74, 6) is 0.145. The van der Waals surface area contributed by atoms with Gasteiger partial charge in [-0.2, -0.15) is 0 Å². The number of benzene rings is 2. The summed E-state index contributed by atoms with van der Waals surface area (Å²) < 4.78 is 2.05. The fourth-order valence-corrected chi connectivity index (χ4v) is 2.56. The van der Waals surface area contributed by atoms with E-state index in [1.165, 1.54) is 3.57 Å². The molecule has 0 heterocycles. The number of carbonyl (C=O) groups is 1. The molecule has 0 saturated carbocycles. The molecule has 2 aromatic rings. The van der Waals surface area contributed by atoms with Crippen LogP contribution < -0.4 is 0 Å². The van der Waals surface area contributed by atoms with Gasteiger partial charge in [-0.1, -0.05) is 39.7 Å². The second kappa shape index (κ2) is 5.97. The lowest BCUT2D eigenvalue weighted by molar-refractivity contribution is 0.0992. The quantitative estimate of drug-likeness (QED) is 0.521. The second-order valence-corrected chi connectivity index (χ2v) is 6.31. The highest BCUT2D eigenvalue weighted by Gasteiger charge is 2.11. The summed E-state index contributed by atoms with van der Waals surface area (Å²) in [5, 5.41) is 0. The molecule has 2 rings (SSSR count). The van der Waals surface area contributed by atoms with Crippen LogP contribution in [0.25, 0.3) is 0 Å². The summed E-state index contributed by atoms with van der Waals surface area (Å²) in [6.07, 6.45) is 0.443. The summed E-state index contributed by atoms with van der Waals surface area (Å²) in [7, 11) is 0. The summed E-state index contributed by atoms with van der Waals surface area (Å²) >= 11 is 5.69. The van der Waals surface area contributed by atoms with E-state index in [9.17, 15) is 4.79 Å². The van der Waals surface area contributed by atoms with Gasteiger partial charge in [0.05, 0.1) is 0 Å². The molecule has 0 radical (unpaired) electrons. The van der Waals surface area contributed by atoms with Crippen molar-refractivity contribution in [1.29, 1.82) is 0 Å². The van der Waals surface area contributed by atoms with Crippen molar-refractivity contribution < 1.29 is 4.79 Å². The van der Waals surface area contributed by atoms with Gasteiger partial charge in [-0.15, -0.1) is 0 Å². The van der Waals surface area contributed by atoms with Gasteiger partial charge in [0, 0.05) is 20.0 Å². The predicted molar refractivity (Wildman–Crippen MR) is 86.1 cm³/mol. The minimum atomic E-state index is 0.145. The van der Waals surface area contributed by atoms with Crippen molar-refractivity contribution in [1.82, 2.24) is 0 Å². The van der Waals surface area contributed by atoms with Gasteiger partial charge < -0.3 is 0 Å². The maximum absolute atomic E-state index is 12.2. The lowest BCUT2D eigenvalue weighted by Crippen LogP contribution is -2.04. The number of halogens is 2. The zero-order valence-electron chi connectivity index (χ0n) is 9.91. The van der Waals surface area contributed by atoms with E-state index in [-0.39, 0.29) is 5.78 Å². The van der Waals surface area contributed by atoms with Crippen LogP contribution in [0.15, 0.2) is 46.9 Å². The van der Waals surface area contributed by atoms with Crippen molar-refractivity contribution in [3.8, 4) is 0 Å². The Morgan fingerprint density at radius 2 is 1.83 bits per heavy atom. The molecule has 0 N–H and O–H groups in total. The van der Waals surface area contributed by atoms with E-state index in [2.05, 4.69) is 38.5 Å². The van der Waals surface area contributed by atoms with Crippen LogP contribution in [-0.4, -0.2) is 5.78 Å². The summed E-state index contributed by atoms with van der Waals surface area (Å²) in [6, 6.07) is 13.9. The molecule has 0 unspecified atom stereocenters. The van der Waals surface area contributed by atoms with E-state index in [0.29, 0.717) is 6.42 Å². The first-order valence-corrected chi connectivity index (χ1v) is 7.47. The number of rotatable bonds is 3. The third-order valence-corrected chi connectivity index (χ3v) is 4.11. The number of Topliss-reactive ketones (excluding diaryl/α,β-unsaturated/α-hetero) is 1. The Bertz CT molecular complexity index is 576. The third kappa shape index (κ3) is 3.42. The maximum atomic E-state index is 12.2. The van der Waals surface area contributed by atoms with Crippen LogP contribution in [0.4, 0.5) is 0 Å². The normalized spacial score (nSPS) is 10.4. The Kier molecular flexibility index (Phi) is 4.56. The predicted octanol–water partition coefficient (Wildman–Crippen LogP) is 4.79. The highest BCUT2D eigenvalue weighted by molar-refractivity contribution is 14.1. The lowest BCUT2D eigenvalue weighted by atomic mass is 10.0. The molecule has 92 valence electrons. The van der Waals surface area contributed by atoms with E-state index in [0.717, 1.165) is 21.2 Å². The molecule has 0 spiro atoms. The lowest BCUT2D eigenvalue weighted by Gasteiger charge is -2.05. The molecule has 3 heteroatoms. The van der Waals surface area contributed by atoms with Gasteiger partial charge in [0.15, 0.2) is 5.78 Å². The van der Waals surface area contributed by atoms with Crippen LogP contribution in [0.2, 0.25) is 0 Å². The molecule has 0 aromatic heterocycles. The SMILES string of the molecule is Cc1ccc(Br)c(C(=O)Cc2ccc(I)cc2)c1. The summed E-state index contributed by atoms with van der Waals surface area (Å²) in [4.78, 5) is 12.2. The number of hydrogen-bond acceptors (Lipinski definition) is 1. The van der Waals surface area contributed by atoms with E-state index < -0.39 is 0 Å². The molecule has 1 nitrogen and oxygen atoms in total. The smallest absolute Gasteiger partial charge is 0.168 e. The average Bonchev–Trinajstić information content (AvgIpc) is 2.35. The van der Waals surface area contributed by atoms with E-state index in [4.69, 9.17) is 0 Å². The Labute approximate surface area is 129 Å². The highest BCUT2D eigenvalue weighted by atomic mass is 127. The number of ketones is 1. The van der Waals surface area contributed by atoms with Crippen molar-refractivity contribution in [2.45, 2.75) is 13.3 Å². The fourth-order valence-electron chi connectivity index (χ4n) is 1.74. The minimum absolute atomic E-state index is 0.145. The molecule has 18 heavy (non-hydrogen) atoms. The minimum Gasteiger partial charge on any atom is -0.294 e. The van der Waals surface area contributed by atoms with Crippen molar-refractivity contribution in [2.75, 3.05) is 0 Å². The highest BCUT2D eigenvalue weighted by Crippen LogP contribution is 2.20. The van der Waals surface area contributed by atoms with E-state index in [1.807, 2.05) is 49.4 Å². The molecule has 2 aromatic carbocycles. The Morgan fingerprint density at radius 3 is 2.50 bits per heavy atom. The van der Waals surface area contributed by atoms with Gasteiger partial charge in [0.25, 0.3) is 0 Å². The molecule has 0 atom stereocenters. The van der Waals surface area contributed by atoms with E-state index >= 15 is 0 Å². The van der Waals surface area contributed by atoms with Crippen molar-refractivity contribution in [3.05, 3.63) is 67.2 Å². The van der Waals surface area contributed by atoms with Gasteiger partial charge >= 0.3 is 0 Å². The molecule has 0 aliphatic carbocycles. The average molecular weight is 415 g/mol. The molecule has 0 amide bonds. The fraction of sp³-hybridized carbons (Fsp3) is 0.133. The molecule has 0 bridgehead atoms. The maximum Gasteiger partial charge on any atom is 0.168 e. The first kappa shape index (κ1) is 13.7. The van der Waals surface area contributed by atoms with Crippen LogP contribution in [0.3, 0.4) is 0 Å². The van der Waals surface area contributed by atoms with Crippen molar-refractivity contribution in [3.63, 3.8) is 0 Å². The largest absolute Gasteiger partial charge is 0.294 e. The van der Waals surface area contributed by atoms with E-state index in [1.54, 1.807) is 0 Å². The Morgan fingerprint density at radius 1 is 1.17 bits per heavy atom. The van der Waals surface area contributed by atoms with Gasteiger partial charge in [-0.25, -0.2) is 0 Å². The number of hydrogen-bond donors (Lipinski definition) is 0. The third-order valence-electron chi connectivity index (χ3n) is 2.70. The topological polar surface area (TPSA) is 17.1 Å². The first-order chi connectivity index (χ1) is 8.56. The van der Waals surface area contributed by atoms with Gasteiger partial charge in [-0.3, -0.25) is 4.79 Å². The Hall–Kier alpha value is -0.680. The van der Waals surface area contributed by atoms with Gasteiger partial charge in [0.2, 0.25) is 0 Å². The summed E-state index contributed by atoms with van der Waals surface area (Å²) in [6.45, 7) is 1.99. The number of carbonyl (C=O) groups excluding carboxylic acids is 1. The van der Waals surface area contributed by atoms with Gasteiger partial charge in [-0.05, 0) is 59.3 Å². The molecule has 0 aliphatic rings. The van der Waals surface area contributed by atoms with Crippen molar-refractivity contribution in [2.24, 2.45) is 0 Å². The van der Waals surface area contributed by atoms with Crippen LogP contribution in [0.5, 0.6) is 0 Å². The molecular weight excluding hydrogens is 403 g/mol. The van der Waals surface area contributed by atoms with Gasteiger partial charge in [0.1, 0.15) is 0 Å². The second-order valence-electron chi connectivity index (χ2n) is 4.21. The van der Waals surface area contributed by atoms with Crippen molar-refractivity contribution >= 4 is 44.3 Å². The molecule has 0 fully saturated rings. The first-order valence-electron chi connectivity index (χ1n) is 5.60. The standard InChI is InChI=1S/C15H12BrIO/c1-10-2-7-14(16)13(8-10)15(18)9-11-3-5-12(17)6-4-11/h2-8H,9H2,1H3.